The number of hydrogen-bond acceptors (Lipinski definition) is 4. The van der Waals surface area contributed by atoms with Crippen molar-refractivity contribution in [2.24, 2.45) is 0 Å². The van der Waals surface area contributed by atoms with E-state index in [1.54, 1.807) is 0 Å². The van der Waals surface area contributed by atoms with Crippen molar-refractivity contribution in [3.8, 4) is 0 Å². The van der Waals surface area contributed by atoms with Gasteiger partial charge in [-0.05, 0) is 38.4 Å². The minimum atomic E-state index is -0.754. The molecule has 122 valence electrons. The van der Waals surface area contributed by atoms with Gasteiger partial charge in [-0.25, -0.2) is 0 Å². The fourth-order valence-corrected chi connectivity index (χ4v) is 2.97. The van der Waals surface area contributed by atoms with Crippen molar-refractivity contribution < 1.29 is 9.90 Å². The molecule has 0 aromatic heterocycles. The number of likely N-dealkylation sites (N-methyl/N-ethyl adjacent to an activating group) is 1. The highest BCUT2D eigenvalue weighted by Crippen LogP contribution is 2.24. The third-order valence-electron chi connectivity index (χ3n) is 4.18. The van der Waals surface area contributed by atoms with Gasteiger partial charge in [-0.3, -0.25) is 20.5 Å². The summed E-state index contributed by atoms with van der Waals surface area (Å²) in [7, 11) is 1.86. The van der Waals surface area contributed by atoms with Gasteiger partial charge in [-0.1, -0.05) is 43.2 Å². The van der Waals surface area contributed by atoms with E-state index in [1.165, 1.54) is 18.4 Å². The van der Waals surface area contributed by atoms with E-state index in [-0.39, 0.29) is 6.54 Å². The number of benzene rings is 1. The largest absolute Gasteiger partial charge is 0.480 e. The minimum Gasteiger partial charge on any atom is -0.480 e. The number of nitrogens with one attached hydrogen (secondary N) is 2. The lowest BCUT2D eigenvalue weighted by Gasteiger charge is -2.14. The molecule has 0 saturated carbocycles. The zero-order valence-electron chi connectivity index (χ0n) is 13.3. The number of nitrogens with zero attached hydrogens (tertiary/aromatic N) is 1. The quantitative estimate of drug-likeness (QED) is 0.610. The van der Waals surface area contributed by atoms with Crippen LogP contribution < -0.4 is 10.9 Å². The molecule has 5 heteroatoms. The summed E-state index contributed by atoms with van der Waals surface area (Å²) in [5.41, 5.74) is 8.11. The molecule has 2 unspecified atom stereocenters. The van der Waals surface area contributed by atoms with E-state index in [0.29, 0.717) is 12.1 Å². The Morgan fingerprint density at radius 2 is 2.00 bits per heavy atom. The normalized spacial score (nSPS) is 21.4. The van der Waals surface area contributed by atoms with E-state index >= 15 is 0 Å². The minimum absolute atomic E-state index is 0.132. The topological polar surface area (TPSA) is 64.6 Å². The first-order valence-corrected chi connectivity index (χ1v) is 8.11. The van der Waals surface area contributed by atoms with Crippen LogP contribution >= 0.6 is 0 Å². The molecular formula is C17H27N3O2. The molecule has 0 bridgehead atoms. The van der Waals surface area contributed by atoms with Gasteiger partial charge < -0.3 is 5.11 Å². The van der Waals surface area contributed by atoms with Crippen LogP contribution in [-0.2, 0) is 4.79 Å². The Bertz CT molecular complexity index is 452. The molecule has 1 aromatic rings. The summed E-state index contributed by atoms with van der Waals surface area (Å²) in [4.78, 5) is 12.4. The summed E-state index contributed by atoms with van der Waals surface area (Å²) in [5, 5.41) is 8.69. The Morgan fingerprint density at radius 1 is 1.23 bits per heavy atom. The van der Waals surface area contributed by atoms with Crippen molar-refractivity contribution >= 4 is 5.97 Å². The molecule has 0 radical (unpaired) electrons. The number of carbonyl (C=O) groups is 1. The van der Waals surface area contributed by atoms with Crippen LogP contribution in [0.1, 0.15) is 43.7 Å². The van der Waals surface area contributed by atoms with Gasteiger partial charge in [-0.15, -0.1) is 0 Å². The summed E-state index contributed by atoms with van der Waals surface area (Å²) in [6, 6.07) is 11.5. The maximum atomic E-state index is 10.6. The van der Waals surface area contributed by atoms with Gasteiger partial charge in [0.15, 0.2) is 0 Å². The van der Waals surface area contributed by atoms with Gasteiger partial charge >= 0.3 is 5.97 Å². The van der Waals surface area contributed by atoms with Crippen molar-refractivity contribution in [1.82, 2.24) is 15.8 Å². The highest BCUT2D eigenvalue weighted by Gasteiger charge is 2.24. The highest BCUT2D eigenvalue weighted by atomic mass is 16.4. The molecule has 3 N–H and O–H groups in total. The highest BCUT2D eigenvalue weighted by molar-refractivity contribution is 5.68. The number of rotatable bonds is 9. The molecule has 2 rings (SSSR count). The summed E-state index contributed by atoms with van der Waals surface area (Å²) in [5.74, 6) is -0.754. The van der Waals surface area contributed by atoms with Crippen molar-refractivity contribution in [3.05, 3.63) is 35.9 Å². The van der Waals surface area contributed by atoms with E-state index < -0.39 is 5.97 Å². The number of unbranched alkanes of at least 4 members (excludes halogenated alkanes) is 2. The van der Waals surface area contributed by atoms with Gasteiger partial charge in [-0.2, -0.15) is 0 Å². The van der Waals surface area contributed by atoms with Crippen LogP contribution in [0.2, 0.25) is 0 Å². The lowest BCUT2D eigenvalue weighted by molar-refractivity contribution is -0.137. The molecule has 22 heavy (non-hydrogen) atoms. The Kier molecular flexibility index (Phi) is 6.83. The van der Waals surface area contributed by atoms with Crippen LogP contribution in [0.25, 0.3) is 0 Å². The number of carboxylic acid groups (broad SMARTS) is 1. The average Bonchev–Trinajstić information content (AvgIpc) is 2.96. The molecule has 1 fully saturated rings. The third-order valence-corrected chi connectivity index (χ3v) is 4.18. The summed E-state index contributed by atoms with van der Waals surface area (Å²) < 4.78 is 0. The van der Waals surface area contributed by atoms with E-state index in [2.05, 4.69) is 35.1 Å². The first kappa shape index (κ1) is 16.9. The molecule has 1 heterocycles. The first-order chi connectivity index (χ1) is 10.6. The average molecular weight is 305 g/mol. The van der Waals surface area contributed by atoms with Crippen LogP contribution in [0.15, 0.2) is 30.3 Å². The van der Waals surface area contributed by atoms with Crippen molar-refractivity contribution in [3.63, 3.8) is 0 Å². The second kappa shape index (κ2) is 8.88. The second-order valence-electron chi connectivity index (χ2n) is 6.17. The van der Waals surface area contributed by atoms with Gasteiger partial charge in [0.1, 0.15) is 0 Å². The van der Waals surface area contributed by atoms with E-state index in [9.17, 15) is 4.79 Å². The Balaban J connectivity index is 1.56. The monoisotopic (exact) mass is 305 g/mol. The fourth-order valence-electron chi connectivity index (χ4n) is 2.97. The van der Waals surface area contributed by atoms with Gasteiger partial charge in [0, 0.05) is 12.1 Å². The Morgan fingerprint density at radius 3 is 2.73 bits per heavy atom. The molecule has 1 aliphatic heterocycles. The summed E-state index contributed by atoms with van der Waals surface area (Å²) in [6.45, 7) is 0.988. The van der Waals surface area contributed by atoms with E-state index in [4.69, 9.17) is 5.11 Å². The van der Waals surface area contributed by atoms with Gasteiger partial charge in [0.25, 0.3) is 0 Å². The fraction of sp³-hybridized carbons (Fsp3) is 0.588. The van der Waals surface area contributed by atoms with Crippen LogP contribution in [-0.4, -0.2) is 42.2 Å². The lowest BCUT2D eigenvalue weighted by Crippen LogP contribution is -2.30. The predicted molar refractivity (Wildman–Crippen MR) is 87.5 cm³/mol. The molecule has 0 amide bonds. The number of hydrogen-bond donors (Lipinski definition) is 3. The zero-order chi connectivity index (χ0) is 15.8. The Labute approximate surface area is 132 Å². The molecule has 1 aromatic carbocycles. The lowest BCUT2D eigenvalue weighted by atomic mass is 9.99. The second-order valence-corrected chi connectivity index (χ2v) is 6.17. The number of hydrazine groups is 1. The summed E-state index contributed by atoms with van der Waals surface area (Å²) in [6.07, 6.45) is 5.69. The van der Waals surface area contributed by atoms with Crippen LogP contribution in [0, 0.1) is 0 Å². The third kappa shape index (κ3) is 5.75. The SMILES string of the molecule is CN(CCCCCC1CC(c2ccccc2)NN1)CC(=O)O. The molecule has 1 saturated heterocycles. The first-order valence-electron chi connectivity index (χ1n) is 8.11. The molecular weight excluding hydrogens is 278 g/mol. The van der Waals surface area contributed by atoms with Crippen molar-refractivity contribution in [1.29, 1.82) is 0 Å². The molecule has 0 spiro atoms. The number of carboxylic acids is 1. The van der Waals surface area contributed by atoms with E-state index in [1.807, 2.05) is 18.0 Å². The maximum Gasteiger partial charge on any atom is 0.317 e. The number of aliphatic carboxylic acids is 1. The van der Waals surface area contributed by atoms with Crippen molar-refractivity contribution in [2.75, 3.05) is 20.1 Å². The predicted octanol–water partition coefficient (Wildman–Crippen LogP) is 2.17. The van der Waals surface area contributed by atoms with Gasteiger partial charge in [0.2, 0.25) is 0 Å². The Hall–Kier alpha value is -1.43. The molecule has 5 nitrogen and oxygen atoms in total. The smallest absolute Gasteiger partial charge is 0.317 e. The van der Waals surface area contributed by atoms with Crippen molar-refractivity contribution in [2.45, 2.75) is 44.2 Å². The van der Waals surface area contributed by atoms with Crippen LogP contribution in [0.5, 0.6) is 0 Å². The summed E-state index contributed by atoms with van der Waals surface area (Å²) >= 11 is 0. The molecule has 0 aliphatic carbocycles. The van der Waals surface area contributed by atoms with Crippen LogP contribution in [0.4, 0.5) is 0 Å². The molecule has 2 atom stereocenters. The van der Waals surface area contributed by atoms with Crippen LogP contribution in [0.3, 0.4) is 0 Å². The zero-order valence-corrected chi connectivity index (χ0v) is 13.3. The van der Waals surface area contributed by atoms with E-state index in [0.717, 1.165) is 25.8 Å². The standard InChI is InChI=1S/C17H27N3O2/c1-20(13-17(21)22)11-7-3-6-10-15-12-16(19-18-15)14-8-4-2-5-9-14/h2,4-5,8-9,15-16,18-19H,3,6-7,10-13H2,1H3,(H,21,22). The molecule has 1 aliphatic rings. The maximum absolute atomic E-state index is 10.6. The van der Waals surface area contributed by atoms with Gasteiger partial charge in [0.05, 0.1) is 6.54 Å².